The molecule has 86 valence electrons. The zero-order chi connectivity index (χ0) is 11.5. The Balaban J connectivity index is 2.26. The second-order valence-electron chi connectivity index (χ2n) is 3.89. The average molecular weight is 220 g/mol. The molecule has 1 atom stereocenters. The minimum absolute atomic E-state index is 0.264. The van der Waals surface area contributed by atoms with Gasteiger partial charge in [-0.05, 0) is 12.1 Å². The van der Waals surface area contributed by atoms with E-state index < -0.39 is 6.10 Å². The van der Waals surface area contributed by atoms with Gasteiger partial charge in [0, 0.05) is 25.5 Å². The number of hydrogen-bond donors (Lipinski definition) is 2. The minimum Gasteiger partial charge on any atom is -0.462 e. The van der Waals surface area contributed by atoms with Crippen LogP contribution in [0.5, 0.6) is 0 Å². The SMILES string of the molecule is CN(CC(O)CN)c1coc2ccccc12. The van der Waals surface area contributed by atoms with Gasteiger partial charge in [0.2, 0.25) is 0 Å². The largest absolute Gasteiger partial charge is 0.462 e. The summed E-state index contributed by atoms with van der Waals surface area (Å²) in [6.45, 7) is 0.764. The Morgan fingerprint density at radius 1 is 1.44 bits per heavy atom. The number of fused-ring (bicyclic) bond motifs is 1. The first-order valence-corrected chi connectivity index (χ1v) is 5.28. The molecule has 0 aliphatic carbocycles. The fraction of sp³-hybridized carbons (Fsp3) is 0.333. The van der Waals surface area contributed by atoms with Crippen molar-refractivity contribution < 1.29 is 9.52 Å². The third-order valence-electron chi connectivity index (χ3n) is 2.63. The molecule has 1 aromatic heterocycles. The van der Waals surface area contributed by atoms with Gasteiger partial charge in [-0.25, -0.2) is 0 Å². The fourth-order valence-electron chi connectivity index (χ4n) is 1.75. The maximum absolute atomic E-state index is 9.50. The van der Waals surface area contributed by atoms with Crippen molar-refractivity contribution in [1.82, 2.24) is 0 Å². The van der Waals surface area contributed by atoms with E-state index in [0.717, 1.165) is 16.7 Å². The summed E-state index contributed by atoms with van der Waals surface area (Å²) in [4.78, 5) is 1.95. The van der Waals surface area contributed by atoms with Gasteiger partial charge in [-0.15, -0.1) is 0 Å². The van der Waals surface area contributed by atoms with Gasteiger partial charge in [0.15, 0.2) is 0 Å². The molecule has 4 heteroatoms. The number of furan rings is 1. The smallest absolute Gasteiger partial charge is 0.136 e. The Labute approximate surface area is 94.3 Å². The quantitative estimate of drug-likeness (QED) is 0.812. The Morgan fingerprint density at radius 2 is 2.19 bits per heavy atom. The van der Waals surface area contributed by atoms with Crippen LogP contribution in [0.1, 0.15) is 0 Å². The number of nitrogens with zero attached hydrogens (tertiary/aromatic N) is 1. The van der Waals surface area contributed by atoms with E-state index in [-0.39, 0.29) is 6.54 Å². The molecule has 2 aromatic rings. The zero-order valence-electron chi connectivity index (χ0n) is 9.26. The molecular formula is C12H16N2O2. The Bertz CT molecular complexity index is 467. The molecule has 3 N–H and O–H groups in total. The third kappa shape index (κ3) is 2.03. The van der Waals surface area contributed by atoms with Crippen molar-refractivity contribution in [2.75, 3.05) is 25.0 Å². The van der Waals surface area contributed by atoms with Crippen LogP contribution >= 0.6 is 0 Å². The first kappa shape index (κ1) is 11.0. The summed E-state index contributed by atoms with van der Waals surface area (Å²) in [5.41, 5.74) is 7.21. The minimum atomic E-state index is -0.515. The van der Waals surface area contributed by atoms with Gasteiger partial charge in [-0.2, -0.15) is 0 Å². The fourth-order valence-corrected chi connectivity index (χ4v) is 1.75. The Kier molecular flexibility index (Phi) is 3.12. The van der Waals surface area contributed by atoms with Crippen LogP contribution in [0.4, 0.5) is 5.69 Å². The highest BCUT2D eigenvalue weighted by molar-refractivity contribution is 5.90. The molecule has 0 aliphatic rings. The van der Waals surface area contributed by atoms with Crippen molar-refractivity contribution in [3.8, 4) is 0 Å². The maximum atomic E-state index is 9.50. The van der Waals surface area contributed by atoms with Gasteiger partial charge in [0.05, 0.1) is 11.8 Å². The van der Waals surface area contributed by atoms with E-state index in [9.17, 15) is 5.11 Å². The topological polar surface area (TPSA) is 62.6 Å². The van der Waals surface area contributed by atoms with Crippen LogP contribution in [0.15, 0.2) is 34.9 Å². The first-order chi connectivity index (χ1) is 7.72. The molecule has 0 saturated heterocycles. The van der Waals surface area contributed by atoms with Crippen LogP contribution in [0.2, 0.25) is 0 Å². The van der Waals surface area contributed by atoms with E-state index in [1.165, 1.54) is 0 Å². The van der Waals surface area contributed by atoms with Gasteiger partial charge in [0.1, 0.15) is 11.8 Å². The third-order valence-corrected chi connectivity index (χ3v) is 2.63. The van der Waals surface area contributed by atoms with E-state index in [0.29, 0.717) is 6.54 Å². The van der Waals surface area contributed by atoms with Crippen molar-refractivity contribution >= 4 is 16.7 Å². The molecule has 0 bridgehead atoms. The van der Waals surface area contributed by atoms with Gasteiger partial charge >= 0.3 is 0 Å². The Morgan fingerprint density at radius 3 is 2.94 bits per heavy atom. The van der Waals surface area contributed by atoms with Gasteiger partial charge in [0.25, 0.3) is 0 Å². The lowest BCUT2D eigenvalue weighted by Crippen LogP contribution is -2.33. The highest BCUT2D eigenvalue weighted by atomic mass is 16.3. The van der Waals surface area contributed by atoms with Crippen LogP contribution in [-0.2, 0) is 0 Å². The standard InChI is InChI=1S/C12H16N2O2/c1-14(7-9(15)6-13)11-8-16-12-5-3-2-4-10(11)12/h2-5,8-9,15H,6-7,13H2,1H3. The van der Waals surface area contributed by atoms with Crippen LogP contribution in [0.25, 0.3) is 11.0 Å². The molecular weight excluding hydrogens is 204 g/mol. The van der Waals surface area contributed by atoms with E-state index in [1.807, 2.05) is 36.2 Å². The first-order valence-electron chi connectivity index (χ1n) is 5.28. The second-order valence-corrected chi connectivity index (χ2v) is 3.89. The number of aliphatic hydroxyl groups is 1. The molecule has 1 heterocycles. The summed E-state index contributed by atoms with van der Waals surface area (Å²) in [5.74, 6) is 0. The molecule has 2 rings (SSSR count). The molecule has 0 radical (unpaired) electrons. The number of rotatable bonds is 4. The van der Waals surface area contributed by atoms with E-state index in [1.54, 1.807) is 6.26 Å². The monoisotopic (exact) mass is 220 g/mol. The number of hydrogen-bond acceptors (Lipinski definition) is 4. The van der Waals surface area contributed by atoms with Crippen molar-refractivity contribution in [2.24, 2.45) is 5.73 Å². The van der Waals surface area contributed by atoms with Crippen LogP contribution in [0.3, 0.4) is 0 Å². The molecule has 1 unspecified atom stereocenters. The predicted octanol–water partition coefficient (Wildman–Crippen LogP) is 1.19. The summed E-state index contributed by atoms with van der Waals surface area (Å²) in [7, 11) is 1.91. The predicted molar refractivity (Wildman–Crippen MR) is 64.5 cm³/mol. The molecule has 0 fully saturated rings. The number of nitrogens with two attached hydrogens (primary N) is 1. The van der Waals surface area contributed by atoms with Crippen LogP contribution in [-0.4, -0.2) is 31.3 Å². The lowest BCUT2D eigenvalue weighted by atomic mass is 10.2. The van der Waals surface area contributed by atoms with Gasteiger partial charge in [-0.1, -0.05) is 12.1 Å². The van der Waals surface area contributed by atoms with Crippen molar-refractivity contribution in [1.29, 1.82) is 0 Å². The zero-order valence-corrected chi connectivity index (χ0v) is 9.26. The van der Waals surface area contributed by atoms with Crippen molar-refractivity contribution in [3.05, 3.63) is 30.5 Å². The Hall–Kier alpha value is -1.52. The highest BCUT2D eigenvalue weighted by Crippen LogP contribution is 2.27. The van der Waals surface area contributed by atoms with Crippen LogP contribution < -0.4 is 10.6 Å². The van der Waals surface area contributed by atoms with E-state index in [2.05, 4.69) is 0 Å². The average Bonchev–Trinajstić information content (AvgIpc) is 2.72. The van der Waals surface area contributed by atoms with E-state index in [4.69, 9.17) is 10.2 Å². The summed E-state index contributed by atoms with van der Waals surface area (Å²) in [6, 6.07) is 7.82. The molecule has 4 nitrogen and oxygen atoms in total. The second kappa shape index (κ2) is 4.55. The van der Waals surface area contributed by atoms with Gasteiger partial charge in [-0.3, -0.25) is 0 Å². The van der Waals surface area contributed by atoms with Crippen molar-refractivity contribution in [3.63, 3.8) is 0 Å². The van der Waals surface area contributed by atoms with Crippen molar-refractivity contribution in [2.45, 2.75) is 6.10 Å². The molecule has 0 amide bonds. The maximum Gasteiger partial charge on any atom is 0.136 e. The highest BCUT2D eigenvalue weighted by Gasteiger charge is 2.12. The number of aliphatic hydroxyl groups excluding tert-OH is 1. The lowest BCUT2D eigenvalue weighted by Gasteiger charge is -2.20. The summed E-state index contributed by atoms with van der Waals surface area (Å²) in [6.07, 6.45) is 1.19. The summed E-state index contributed by atoms with van der Waals surface area (Å²) >= 11 is 0. The molecule has 0 aliphatic heterocycles. The number of likely N-dealkylation sites (N-methyl/N-ethyl adjacent to an activating group) is 1. The summed E-state index contributed by atoms with van der Waals surface area (Å²) < 4.78 is 5.43. The normalized spacial score (nSPS) is 12.9. The van der Waals surface area contributed by atoms with Gasteiger partial charge < -0.3 is 20.2 Å². The molecule has 0 saturated carbocycles. The number of benzene rings is 1. The molecule has 0 spiro atoms. The lowest BCUT2D eigenvalue weighted by molar-refractivity contribution is 0.189. The van der Waals surface area contributed by atoms with E-state index >= 15 is 0 Å². The van der Waals surface area contributed by atoms with Crippen LogP contribution in [0, 0.1) is 0 Å². The molecule has 1 aromatic carbocycles. The number of para-hydroxylation sites is 1. The molecule has 16 heavy (non-hydrogen) atoms. The summed E-state index contributed by atoms with van der Waals surface area (Å²) in [5, 5.41) is 10.6. The number of anilines is 1.